The van der Waals surface area contributed by atoms with Crippen molar-refractivity contribution < 1.29 is 19.6 Å². The first-order valence-electron chi connectivity index (χ1n) is 11.5. The van der Waals surface area contributed by atoms with Gasteiger partial charge >= 0.3 is 0 Å². The zero-order valence-electron chi connectivity index (χ0n) is 19.6. The Bertz CT molecular complexity index is 1080. The summed E-state index contributed by atoms with van der Waals surface area (Å²) in [5, 5.41) is 21.3. The number of rotatable bonds is 12. The third kappa shape index (κ3) is 7.80. The lowest BCUT2D eigenvalue weighted by atomic mass is 10.1. The fraction of sp³-hybridized carbons (Fsp3) is 0.296. The minimum atomic E-state index is -1.03. The van der Waals surface area contributed by atoms with Crippen LogP contribution in [0, 0.1) is 10.1 Å². The molecule has 1 atom stereocenters. The molecule has 35 heavy (non-hydrogen) atoms. The lowest BCUT2D eigenvalue weighted by molar-refractivity contribution is -0.386. The number of carbonyl (C=O) groups is 1. The Morgan fingerprint density at radius 3 is 2.11 bits per heavy atom. The van der Waals surface area contributed by atoms with Crippen molar-refractivity contribution >= 4 is 23.2 Å². The maximum atomic E-state index is 13.0. The molecule has 3 rings (SSSR count). The minimum Gasteiger partial charge on any atom is -0.492 e. The molecule has 0 saturated carbocycles. The van der Waals surface area contributed by atoms with Gasteiger partial charge < -0.3 is 14.7 Å². The van der Waals surface area contributed by atoms with Crippen LogP contribution in [0.5, 0.6) is 5.75 Å². The van der Waals surface area contributed by atoms with Gasteiger partial charge in [-0.1, -0.05) is 72.3 Å². The number of hydrogen-bond acceptors (Lipinski definition) is 5. The van der Waals surface area contributed by atoms with Crippen molar-refractivity contribution in [3.05, 3.63) is 105 Å². The van der Waals surface area contributed by atoms with Crippen molar-refractivity contribution in [2.45, 2.75) is 45.4 Å². The summed E-state index contributed by atoms with van der Waals surface area (Å²) in [5.41, 5.74) is 2.02. The van der Waals surface area contributed by atoms with Crippen LogP contribution in [0.3, 0.4) is 0 Å². The smallest absolute Gasteiger partial charge is 0.279 e. The Morgan fingerprint density at radius 1 is 1.03 bits per heavy atom. The Kier molecular flexibility index (Phi) is 9.64. The second kappa shape index (κ2) is 12.9. The van der Waals surface area contributed by atoms with Crippen molar-refractivity contribution in [2.24, 2.45) is 0 Å². The van der Waals surface area contributed by atoms with E-state index in [4.69, 9.17) is 16.3 Å². The molecule has 1 amide bonds. The quantitative estimate of drug-likeness (QED) is 0.186. The van der Waals surface area contributed by atoms with E-state index >= 15 is 0 Å². The fourth-order valence-electron chi connectivity index (χ4n) is 3.72. The maximum absolute atomic E-state index is 13.0. The van der Waals surface area contributed by atoms with Gasteiger partial charge in [-0.15, -0.1) is 0 Å². The van der Waals surface area contributed by atoms with E-state index < -0.39 is 11.0 Å². The second-order valence-corrected chi connectivity index (χ2v) is 8.71. The molecule has 0 bridgehead atoms. The summed E-state index contributed by atoms with van der Waals surface area (Å²) in [5.74, 6) is 0.233. The standard InChI is InChI=1S/C27H29ClN2O5/c1-20(31)23-16-24(28)26(17-25(23)30(33)34)35-15-9-8-14-27(32)29(18-21-10-4-2-5-11-21)19-22-12-6-3-7-13-22/h2-7,10-13,16-17,20,31H,8-9,14-15,18-19H2,1H3. The summed E-state index contributed by atoms with van der Waals surface area (Å²) in [4.78, 5) is 25.6. The second-order valence-electron chi connectivity index (χ2n) is 8.30. The van der Waals surface area contributed by atoms with Gasteiger partial charge in [0.2, 0.25) is 5.91 Å². The van der Waals surface area contributed by atoms with Crippen LogP contribution in [0.15, 0.2) is 72.8 Å². The van der Waals surface area contributed by atoms with Crippen molar-refractivity contribution in [2.75, 3.05) is 6.61 Å². The highest BCUT2D eigenvalue weighted by Crippen LogP contribution is 2.35. The van der Waals surface area contributed by atoms with E-state index in [2.05, 4.69) is 0 Å². The van der Waals surface area contributed by atoms with Crippen LogP contribution < -0.4 is 4.74 Å². The molecule has 7 nitrogen and oxygen atoms in total. The Balaban J connectivity index is 1.55. The molecule has 0 fully saturated rings. The number of nitro benzene ring substituents is 1. The molecule has 0 aliphatic rings. The van der Waals surface area contributed by atoms with Gasteiger partial charge in [0.15, 0.2) is 0 Å². The average Bonchev–Trinajstić information content (AvgIpc) is 2.85. The van der Waals surface area contributed by atoms with Crippen LogP contribution in [0.25, 0.3) is 0 Å². The van der Waals surface area contributed by atoms with Crippen LogP contribution >= 0.6 is 11.6 Å². The summed E-state index contributed by atoms with van der Waals surface area (Å²) in [7, 11) is 0. The minimum absolute atomic E-state index is 0.0488. The SMILES string of the molecule is CC(O)c1cc(Cl)c(OCCCCC(=O)N(Cc2ccccc2)Cc2ccccc2)cc1[N+](=O)[O-]. The van der Waals surface area contributed by atoms with Gasteiger partial charge in [-0.25, -0.2) is 0 Å². The van der Waals surface area contributed by atoms with Crippen LogP contribution in [-0.4, -0.2) is 27.4 Å². The molecule has 0 aliphatic heterocycles. The van der Waals surface area contributed by atoms with Gasteiger partial charge in [-0.2, -0.15) is 0 Å². The lowest BCUT2D eigenvalue weighted by Gasteiger charge is -2.23. The molecule has 0 radical (unpaired) electrons. The summed E-state index contributed by atoms with van der Waals surface area (Å²) in [6, 6.07) is 22.3. The van der Waals surface area contributed by atoms with Crippen molar-refractivity contribution in [1.82, 2.24) is 4.90 Å². The highest BCUT2D eigenvalue weighted by molar-refractivity contribution is 6.32. The van der Waals surface area contributed by atoms with E-state index in [0.717, 1.165) is 11.1 Å². The summed E-state index contributed by atoms with van der Waals surface area (Å²) in [6.45, 7) is 2.75. The van der Waals surface area contributed by atoms with E-state index in [-0.39, 0.29) is 34.5 Å². The topological polar surface area (TPSA) is 92.9 Å². The predicted octanol–water partition coefficient (Wildman–Crippen LogP) is 6.08. The molecular weight excluding hydrogens is 468 g/mol. The zero-order valence-corrected chi connectivity index (χ0v) is 20.4. The molecule has 0 aliphatic carbocycles. The first-order chi connectivity index (χ1) is 16.8. The van der Waals surface area contributed by atoms with E-state index in [0.29, 0.717) is 32.4 Å². The largest absolute Gasteiger partial charge is 0.492 e. The molecule has 0 saturated heterocycles. The average molecular weight is 497 g/mol. The van der Waals surface area contributed by atoms with Gasteiger partial charge in [0.05, 0.1) is 34.3 Å². The number of carbonyl (C=O) groups excluding carboxylic acids is 1. The number of aliphatic hydroxyl groups excluding tert-OH is 1. The van der Waals surface area contributed by atoms with Crippen molar-refractivity contribution in [3.8, 4) is 5.75 Å². The normalized spacial score (nSPS) is 11.6. The van der Waals surface area contributed by atoms with Gasteiger partial charge in [0.25, 0.3) is 5.69 Å². The van der Waals surface area contributed by atoms with Crippen LogP contribution in [0.1, 0.15) is 49.0 Å². The van der Waals surface area contributed by atoms with Crippen LogP contribution in [0.4, 0.5) is 5.69 Å². The van der Waals surface area contributed by atoms with Crippen molar-refractivity contribution in [1.29, 1.82) is 0 Å². The maximum Gasteiger partial charge on any atom is 0.279 e. The number of benzene rings is 3. The molecule has 3 aromatic carbocycles. The van der Waals surface area contributed by atoms with Crippen LogP contribution in [-0.2, 0) is 17.9 Å². The summed E-state index contributed by atoms with van der Waals surface area (Å²) >= 11 is 6.19. The number of halogens is 1. The lowest BCUT2D eigenvalue weighted by Crippen LogP contribution is -2.30. The fourth-order valence-corrected chi connectivity index (χ4v) is 3.95. The highest BCUT2D eigenvalue weighted by atomic mass is 35.5. The van der Waals surface area contributed by atoms with Gasteiger partial charge in [0.1, 0.15) is 5.75 Å². The predicted molar refractivity (Wildman–Crippen MR) is 135 cm³/mol. The molecule has 1 N–H and O–H groups in total. The molecule has 0 heterocycles. The Labute approximate surface area is 210 Å². The third-order valence-electron chi connectivity index (χ3n) is 5.56. The molecule has 0 spiro atoms. The molecule has 1 unspecified atom stereocenters. The monoisotopic (exact) mass is 496 g/mol. The number of unbranched alkanes of at least 4 members (excludes halogenated alkanes) is 1. The number of aliphatic hydroxyl groups is 1. The molecule has 0 aromatic heterocycles. The van der Waals surface area contributed by atoms with E-state index in [9.17, 15) is 20.0 Å². The van der Waals surface area contributed by atoms with Gasteiger partial charge in [-0.05, 0) is 37.0 Å². The van der Waals surface area contributed by atoms with Gasteiger partial charge in [0, 0.05) is 19.5 Å². The van der Waals surface area contributed by atoms with E-state index in [1.165, 1.54) is 19.1 Å². The number of amides is 1. The van der Waals surface area contributed by atoms with E-state index in [1.54, 1.807) is 0 Å². The molecule has 3 aromatic rings. The molecule has 8 heteroatoms. The number of nitrogens with zero attached hydrogens (tertiary/aromatic N) is 2. The summed E-state index contributed by atoms with van der Waals surface area (Å²) < 4.78 is 5.65. The molecule has 184 valence electrons. The summed E-state index contributed by atoms with van der Waals surface area (Å²) in [6.07, 6.45) is 0.517. The number of ether oxygens (including phenoxy) is 1. The number of hydrogen-bond donors (Lipinski definition) is 1. The number of nitro groups is 1. The Hall–Kier alpha value is -3.42. The van der Waals surface area contributed by atoms with Gasteiger partial charge in [-0.3, -0.25) is 14.9 Å². The first kappa shape index (κ1) is 26.2. The zero-order chi connectivity index (χ0) is 25.2. The van der Waals surface area contributed by atoms with Crippen LogP contribution in [0.2, 0.25) is 5.02 Å². The molecular formula is C27H29ClN2O5. The Morgan fingerprint density at radius 2 is 1.60 bits per heavy atom. The first-order valence-corrected chi connectivity index (χ1v) is 11.9. The van der Waals surface area contributed by atoms with Crippen molar-refractivity contribution in [3.63, 3.8) is 0 Å². The highest BCUT2D eigenvalue weighted by Gasteiger charge is 2.21. The van der Waals surface area contributed by atoms with E-state index in [1.807, 2.05) is 65.6 Å². The third-order valence-corrected chi connectivity index (χ3v) is 5.85.